The van der Waals surface area contributed by atoms with Crippen molar-refractivity contribution < 1.29 is 9.50 Å². The van der Waals surface area contributed by atoms with Crippen molar-refractivity contribution in [3.05, 3.63) is 54.3 Å². The van der Waals surface area contributed by atoms with Crippen molar-refractivity contribution in [2.24, 2.45) is 10.2 Å². The lowest BCUT2D eigenvalue weighted by Crippen LogP contribution is -2.04. The number of aromatic nitrogens is 1. The average Bonchev–Trinajstić information content (AvgIpc) is 2.86. The molecule has 0 saturated carbocycles. The van der Waals surface area contributed by atoms with E-state index in [-0.39, 0.29) is 16.8 Å². The first-order valence-corrected chi connectivity index (χ1v) is 8.29. The number of nitrogens with zero attached hydrogens (tertiary/aromatic N) is 3. The van der Waals surface area contributed by atoms with Gasteiger partial charge in [-0.05, 0) is 42.9 Å². The molecule has 2 aromatic carbocycles. The number of fused-ring (bicyclic) bond motifs is 1. The van der Waals surface area contributed by atoms with E-state index in [4.69, 9.17) is 12.2 Å². The predicted molar refractivity (Wildman–Crippen MR) is 101 cm³/mol. The normalized spacial score (nSPS) is 11.3. The van der Waals surface area contributed by atoms with E-state index < -0.39 is 0 Å². The molecule has 0 unspecified atom stereocenters. The molecule has 0 fully saturated rings. The Bertz CT molecular complexity index is 951. The summed E-state index contributed by atoms with van der Waals surface area (Å²) in [6, 6.07) is 13.5. The molecule has 0 aliphatic carbocycles. The van der Waals surface area contributed by atoms with Crippen LogP contribution in [0.2, 0.25) is 0 Å². The third kappa shape index (κ3) is 3.66. The SMILES string of the molecule is CCCn1c(O)c(N=NC(=S)Nc2cccc(F)c2)c2ccccc21. The minimum atomic E-state index is -0.370. The summed E-state index contributed by atoms with van der Waals surface area (Å²) in [5.74, 6) is -0.314. The highest BCUT2D eigenvalue weighted by molar-refractivity contribution is 7.80. The lowest BCUT2D eigenvalue weighted by molar-refractivity contribution is 0.421. The molecule has 5 nitrogen and oxygen atoms in total. The van der Waals surface area contributed by atoms with E-state index >= 15 is 0 Å². The van der Waals surface area contributed by atoms with E-state index in [1.165, 1.54) is 12.1 Å². The van der Waals surface area contributed by atoms with Gasteiger partial charge in [0, 0.05) is 17.6 Å². The molecular formula is C18H17FN4OS. The molecule has 0 atom stereocenters. The fraction of sp³-hybridized carbons (Fsp3) is 0.167. The van der Waals surface area contributed by atoms with Gasteiger partial charge < -0.3 is 15.0 Å². The zero-order valence-electron chi connectivity index (χ0n) is 13.6. The van der Waals surface area contributed by atoms with Gasteiger partial charge in [-0.1, -0.05) is 31.2 Å². The number of thiocarbonyl (C=S) groups is 1. The van der Waals surface area contributed by atoms with Crippen molar-refractivity contribution in [1.82, 2.24) is 4.57 Å². The van der Waals surface area contributed by atoms with Crippen LogP contribution in [-0.4, -0.2) is 14.8 Å². The van der Waals surface area contributed by atoms with Crippen LogP contribution in [-0.2, 0) is 6.54 Å². The molecule has 3 aromatic rings. The molecule has 2 N–H and O–H groups in total. The van der Waals surface area contributed by atoms with Crippen molar-refractivity contribution in [2.45, 2.75) is 19.9 Å². The zero-order chi connectivity index (χ0) is 17.8. The van der Waals surface area contributed by atoms with Crippen LogP contribution in [0.15, 0.2) is 58.8 Å². The minimum Gasteiger partial charge on any atom is -0.493 e. The number of anilines is 1. The fourth-order valence-electron chi connectivity index (χ4n) is 2.63. The molecule has 7 heteroatoms. The second-order valence-corrected chi connectivity index (χ2v) is 5.87. The van der Waals surface area contributed by atoms with E-state index in [0.717, 1.165) is 17.3 Å². The van der Waals surface area contributed by atoms with Gasteiger partial charge in [0.1, 0.15) is 5.82 Å². The highest BCUT2D eigenvalue weighted by Gasteiger charge is 2.15. The van der Waals surface area contributed by atoms with Gasteiger partial charge in [0.2, 0.25) is 11.0 Å². The molecule has 0 aliphatic rings. The van der Waals surface area contributed by atoms with E-state index in [1.54, 1.807) is 16.7 Å². The first-order valence-electron chi connectivity index (χ1n) is 7.88. The maximum atomic E-state index is 13.2. The quantitative estimate of drug-likeness (QED) is 0.487. The fourth-order valence-corrected chi connectivity index (χ4v) is 2.79. The Morgan fingerprint density at radius 2 is 2.04 bits per heavy atom. The predicted octanol–water partition coefficient (Wildman–Crippen LogP) is 5.38. The van der Waals surface area contributed by atoms with Gasteiger partial charge in [-0.25, -0.2) is 4.39 Å². The minimum absolute atomic E-state index is 0.0559. The molecule has 0 saturated heterocycles. The Hall–Kier alpha value is -2.80. The summed E-state index contributed by atoms with van der Waals surface area (Å²) in [5, 5.41) is 22.2. The second kappa shape index (κ2) is 7.40. The topological polar surface area (TPSA) is 61.9 Å². The summed E-state index contributed by atoms with van der Waals surface area (Å²) < 4.78 is 15.0. The third-order valence-electron chi connectivity index (χ3n) is 3.68. The van der Waals surface area contributed by atoms with Crippen LogP contribution < -0.4 is 5.32 Å². The number of rotatable bonds is 4. The van der Waals surface area contributed by atoms with Gasteiger partial charge in [-0.15, -0.1) is 10.2 Å². The van der Waals surface area contributed by atoms with Crippen molar-refractivity contribution in [2.75, 3.05) is 5.32 Å². The Balaban J connectivity index is 1.88. The lowest BCUT2D eigenvalue weighted by Gasteiger charge is -2.04. The van der Waals surface area contributed by atoms with Gasteiger partial charge >= 0.3 is 0 Å². The zero-order valence-corrected chi connectivity index (χ0v) is 14.4. The lowest BCUT2D eigenvalue weighted by atomic mass is 10.2. The van der Waals surface area contributed by atoms with Gasteiger partial charge in [0.25, 0.3) is 0 Å². The molecule has 0 amide bonds. The molecule has 0 bridgehead atoms. The van der Waals surface area contributed by atoms with Crippen molar-refractivity contribution >= 4 is 39.6 Å². The molecule has 3 rings (SSSR count). The molecule has 128 valence electrons. The van der Waals surface area contributed by atoms with Crippen molar-refractivity contribution in [3.8, 4) is 5.88 Å². The number of hydrogen-bond acceptors (Lipinski definition) is 3. The van der Waals surface area contributed by atoms with Crippen molar-refractivity contribution in [1.29, 1.82) is 0 Å². The molecule has 0 aliphatic heterocycles. The summed E-state index contributed by atoms with van der Waals surface area (Å²) in [6.07, 6.45) is 0.877. The van der Waals surface area contributed by atoms with Crippen LogP contribution in [0.3, 0.4) is 0 Å². The third-order valence-corrected chi connectivity index (χ3v) is 3.87. The Morgan fingerprint density at radius 3 is 2.80 bits per heavy atom. The first kappa shape index (κ1) is 17.0. The number of aromatic hydroxyl groups is 1. The summed E-state index contributed by atoms with van der Waals surface area (Å²) >= 11 is 5.12. The number of aryl methyl sites for hydroxylation is 1. The number of hydrogen-bond donors (Lipinski definition) is 2. The molecule has 1 aromatic heterocycles. The standard InChI is InChI=1S/C18H17FN4OS/c1-2-10-23-15-9-4-3-8-14(15)16(17(23)24)21-22-18(25)20-13-7-5-6-12(19)11-13/h3-9,11,24H,2,10H2,1H3,(H,20,25). The Kier molecular flexibility index (Phi) is 5.04. The van der Waals surface area contributed by atoms with Gasteiger partial charge in [-0.2, -0.15) is 0 Å². The number of benzene rings is 2. The van der Waals surface area contributed by atoms with Crippen LogP contribution >= 0.6 is 12.2 Å². The van der Waals surface area contributed by atoms with Crippen LogP contribution in [0.4, 0.5) is 15.8 Å². The van der Waals surface area contributed by atoms with Crippen LogP contribution in [0, 0.1) is 5.82 Å². The maximum Gasteiger partial charge on any atom is 0.220 e. The summed E-state index contributed by atoms with van der Waals surface area (Å²) in [5.41, 5.74) is 1.74. The van der Waals surface area contributed by atoms with Crippen molar-refractivity contribution in [3.63, 3.8) is 0 Å². The second-order valence-electron chi connectivity index (χ2n) is 5.48. The molecule has 1 heterocycles. The highest BCUT2D eigenvalue weighted by atomic mass is 32.1. The molecule has 25 heavy (non-hydrogen) atoms. The number of nitrogens with one attached hydrogen (secondary N) is 1. The van der Waals surface area contributed by atoms with E-state index in [2.05, 4.69) is 15.5 Å². The van der Waals surface area contributed by atoms with Gasteiger partial charge in [-0.3, -0.25) is 0 Å². The summed E-state index contributed by atoms with van der Waals surface area (Å²) in [7, 11) is 0. The highest BCUT2D eigenvalue weighted by Crippen LogP contribution is 2.38. The van der Waals surface area contributed by atoms with Crippen LogP contribution in [0.5, 0.6) is 5.88 Å². The van der Waals surface area contributed by atoms with Gasteiger partial charge in [0.15, 0.2) is 5.69 Å². The first-order chi connectivity index (χ1) is 12.1. The summed E-state index contributed by atoms with van der Waals surface area (Å²) in [6.45, 7) is 2.71. The molecular weight excluding hydrogens is 339 g/mol. The molecule has 0 radical (unpaired) electrons. The smallest absolute Gasteiger partial charge is 0.220 e. The van der Waals surface area contributed by atoms with E-state index in [1.807, 2.05) is 31.2 Å². The Labute approximate surface area is 149 Å². The maximum absolute atomic E-state index is 13.2. The molecule has 0 spiro atoms. The largest absolute Gasteiger partial charge is 0.493 e. The van der Waals surface area contributed by atoms with Crippen LogP contribution in [0.25, 0.3) is 10.9 Å². The number of azo groups is 1. The van der Waals surface area contributed by atoms with E-state index in [0.29, 0.717) is 17.9 Å². The van der Waals surface area contributed by atoms with Gasteiger partial charge in [0.05, 0.1) is 5.52 Å². The Morgan fingerprint density at radius 1 is 1.24 bits per heavy atom. The van der Waals surface area contributed by atoms with Crippen LogP contribution in [0.1, 0.15) is 13.3 Å². The monoisotopic (exact) mass is 356 g/mol. The number of para-hydroxylation sites is 1. The number of halogens is 1. The van der Waals surface area contributed by atoms with E-state index in [9.17, 15) is 9.50 Å². The summed E-state index contributed by atoms with van der Waals surface area (Å²) in [4.78, 5) is 0. The average molecular weight is 356 g/mol.